The van der Waals surface area contributed by atoms with Crippen LogP contribution in [0.2, 0.25) is 0 Å². The third-order valence-electron chi connectivity index (χ3n) is 5.39. The van der Waals surface area contributed by atoms with E-state index in [1.165, 1.54) is 11.3 Å². The average Bonchev–Trinajstić information content (AvgIpc) is 2.94. The minimum atomic E-state index is 0.0650. The minimum absolute atomic E-state index is 0.0650. The van der Waals surface area contributed by atoms with Crippen LogP contribution >= 0.6 is 0 Å². The molecule has 1 amide bonds. The molecule has 4 rings (SSSR count). The van der Waals surface area contributed by atoms with E-state index in [2.05, 4.69) is 20.6 Å². The van der Waals surface area contributed by atoms with Crippen LogP contribution in [0.1, 0.15) is 11.3 Å². The first-order chi connectivity index (χ1) is 12.7. The number of hydrogen-bond donors (Lipinski definition) is 2. The van der Waals surface area contributed by atoms with Crippen LogP contribution in [-0.2, 0) is 17.6 Å². The van der Waals surface area contributed by atoms with Crippen LogP contribution in [0.5, 0.6) is 0 Å². The van der Waals surface area contributed by atoms with Gasteiger partial charge < -0.3 is 20.4 Å². The maximum absolute atomic E-state index is 12.6. The Morgan fingerprint density at radius 2 is 2.19 bits per heavy atom. The number of nitrogens with one attached hydrogen (secondary N) is 2. The number of rotatable bonds is 5. The predicted molar refractivity (Wildman–Crippen MR) is 101 cm³/mol. The molecule has 0 saturated carbocycles. The van der Waals surface area contributed by atoms with Crippen molar-refractivity contribution in [3.8, 4) is 0 Å². The molecule has 140 valence electrons. The lowest BCUT2D eigenvalue weighted by Crippen LogP contribution is -2.55. The Labute approximate surface area is 153 Å². The van der Waals surface area contributed by atoms with E-state index >= 15 is 0 Å². The number of carbonyl (C=O) groups excluding carboxylic acids is 1. The first-order valence-corrected chi connectivity index (χ1v) is 9.39. The van der Waals surface area contributed by atoms with E-state index in [4.69, 9.17) is 4.98 Å². The SMILES string of the molecule is CNCCN(C)C(=O)C1CN(c2c3c(nc4ccnn24)CCNCC3)C1. The normalized spacial score (nSPS) is 17.7. The molecule has 2 aliphatic rings. The molecule has 0 atom stereocenters. The van der Waals surface area contributed by atoms with Crippen LogP contribution in [0.4, 0.5) is 5.82 Å². The van der Waals surface area contributed by atoms with Crippen LogP contribution in [0, 0.1) is 5.92 Å². The van der Waals surface area contributed by atoms with Gasteiger partial charge in [-0.3, -0.25) is 4.79 Å². The maximum Gasteiger partial charge on any atom is 0.229 e. The highest BCUT2D eigenvalue weighted by Crippen LogP contribution is 2.31. The lowest BCUT2D eigenvalue weighted by Gasteiger charge is -2.42. The lowest BCUT2D eigenvalue weighted by molar-refractivity contribution is -0.134. The number of carbonyl (C=O) groups is 1. The Bertz CT molecular complexity index is 796. The van der Waals surface area contributed by atoms with Crippen LogP contribution < -0.4 is 15.5 Å². The number of fused-ring (bicyclic) bond motifs is 2. The number of nitrogens with zero attached hydrogens (tertiary/aromatic N) is 5. The van der Waals surface area contributed by atoms with Gasteiger partial charge in [-0.2, -0.15) is 9.61 Å². The van der Waals surface area contributed by atoms with Crippen molar-refractivity contribution in [2.45, 2.75) is 12.8 Å². The van der Waals surface area contributed by atoms with Crippen molar-refractivity contribution in [3.05, 3.63) is 23.5 Å². The van der Waals surface area contributed by atoms with E-state index in [0.717, 1.165) is 63.6 Å². The van der Waals surface area contributed by atoms with E-state index in [0.29, 0.717) is 0 Å². The minimum Gasteiger partial charge on any atom is -0.354 e. The predicted octanol–water partition coefficient (Wildman–Crippen LogP) is -0.468. The second kappa shape index (κ2) is 7.20. The summed E-state index contributed by atoms with van der Waals surface area (Å²) in [7, 11) is 3.79. The summed E-state index contributed by atoms with van der Waals surface area (Å²) in [6.07, 6.45) is 3.69. The molecule has 2 aliphatic heterocycles. The smallest absolute Gasteiger partial charge is 0.229 e. The quantitative estimate of drug-likeness (QED) is 0.754. The lowest BCUT2D eigenvalue weighted by atomic mass is 9.97. The monoisotopic (exact) mass is 357 g/mol. The fraction of sp³-hybridized carbons (Fsp3) is 0.611. The third kappa shape index (κ3) is 3.03. The third-order valence-corrected chi connectivity index (χ3v) is 5.39. The van der Waals surface area contributed by atoms with Crippen LogP contribution in [-0.4, -0.2) is 78.8 Å². The number of hydrogen-bond acceptors (Lipinski definition) is 6. The highest BCUT2D eigenvalue weighted by atomic mass is 16.2. The maximum atomic E-state index is 12.6. The Kier molecular flexibility index (Phi) is 4.78. The zero-order valence-electron chi connectivity index (χ0n) is 15.5. The molecule has 1 saturated heterocycles. The summed E-state index contributed by atoms with van der Waals surface area (Å²) in [5, 5.41) is 11.0. The van der Waals surface area contributed by atoms with Gasteiger partial charge >= 0.3 is 0 Å². The van der Waals surface area contributed by atoms with E-state index in [-0.39, 0.29) is 11.8 Å². The molecule has 2 N–H and O–H groups in total. The van der Waals surface area contributed by atoms with Crippen molar-refractivity contribution in [2.75, 3.05) is 58.3 Å². The molecule has 0 bridgehead atoms. The average molecular weight is 357 g/mol. The van der Waals surface area contributed by atoms with Crippen LogP contribution in [0.3, 0.4) is 0 Å². The van der Waals surface area contributed by atoms with Gasteiger partial charge in [0.25, 0.3) is 0 Å². The number of anilines is 1. The molecule has 26 heavy (non-hydrogen) atoms. The standard InChI is InChI=1S/C18H27N7O/c1-19-9-10-23(2)18(26)13-11-24(12-13)17-14-3-6-20-7-4-15(14)22-16-5-8-21-25(16)17/h5,8,13,19-20H,3-4,6-7,9-12H2,1-2H3. The van der Waals surface area contributed by atoms with Gasteiger partial charge in [0.2, 0.25) is 5.91 Å². The summed E-state index contributed by atoms with van der Waals surface area (Å²) in [5.41, 5.74) is 3.33. The van der Waals surface area contributed by atoms with Gasteiger partial charge in [-0.25, -0.2) is 4.98 Å². The van der Waals surface area contributed by atoms with Crippen molar-refractivity contribution < 1.29 is 4.79 Å². The summed E-state index contributed by atoms with van der Waals surface area (Å²) < 4.78 is 1.94. The summed E-state index contributed by atoms with van der Waals surface area (Å²) in [5.74, 6) is 1.42. The Balaban J connectivity index is 1.56. The van der Waals surface area contributed by atoms with Gasteiger partial charge in [0.1, 0.15) is 5.82 Å². The summed E-state index contributed by atoms with van der Waals surface area (Å²) in [6.45, 7) is 4.98. The Morgan fingerprint density at radius 1 is 1.38 bits per heavy atom. The molecule has 4 heterocycles. The Hall–Kier alpha value is -2.19. The summed E-state index contributed by atoms with van der Waals surface area (Å²) >= 11 is 0. The zero-order chi connectivity index (χ0) is 18.1. The first kappa shape index (κ1) is 17.2. The van der Waals surface area contributed by atoms with Gasteiger partial charge in [-0.05, 0) is 20.0 Å². The van der Waals surface area contributed by atoms with Gasteiger partial charge in [0.05, 0.1) is 17.8 Å². The van der Waals surface area contributed by atoms with Crippen molar-refractivity contribution in [1.82, 2.24) is 30.1 Å². The van der Waals surface area contributed by atoms with Crippen LogP contribution in [0.15, 0.2) is 12.3 Å². The summed E-state index contributed by atoms with van der Waals surface area (Å²) in [4.78, 5) is 21.5. The van der Waals surface area contributed by atoms with Crippen molar-refractivity contribution >= 4 is 17.4 Å². The molecule has 1 fully saturated rings. The number of aromatic nitrogens is 3. The van der Waals surface area contributed by atoms with Crippen LogP contribution in [0.25, 0.3) is 5.65 Å². The van der Waals surface area contributed by atoms with E-state index in [1.807, 2.05) is 29.6 Å². The molecule has 8 nitrogen and oxygen atoms in total. The fourth-order valence-corrected chi connectivity index (χ4v) is 3.85. The van der Waals surface area contributed by atoms with Crippen molar-refractivity contribution in [2.24, 2.45) is 5.92 Å². The highest BCUT2D eigenvalue weighted by Gasteiger charge is 2.37. The highest BCUT2D eigenvalue weighted by molar-refractivity contribution is 5.82. The van der Waals surface area contributed by atoms with E-state index in [9.17, 15) is 4.79 Å². The molecule has 0 unspecified atom stereocenters. The molecule has 8 heteroatoms. The molecule has 0 radical (unpaired) electrons. The molecule has 0 aliphatic carbocycles. The Morgan fingerprint density at radius 3 is 3.00 bits per heavy atom. The number of likely N-dealkylation sites (N-methyl/N-ethyl adjacent to an activating group) is 2. The molecule has 2 aromatic heterocycles. The second-order valence-electron chi connectivity index (χ2n) is 7.18. The fourth-order valence-electron chi connectivity index (χ4n) is 3.85. The molecule has 0 aromatic carbocycles. The second-order valence-corrected chi connectivity index (χ2v) is 7.18. The van der Waals surface area contributed by atoms with Gasteiger partial charge in [0, 0.05) is 57.8 Å². The van der Waals surface area contributed by atoms with Gasteiger partial charge in [-0.15, -0.1) is 0 Å². The van der Waals surface area contributed by atoms with E-state index < -0.39 is 0 Å². The van der Waals surface area contributed by atoms with E-state index in [1.54, 1.807) is 6.20 Å². The molecular weight excluding hydrogens is 330 g/mol. The molecular formula is C18H27N7O. The zero-order valence-corrected chi connectivity index (χ0v) is 15.5. The largest absolute Gasteiger partial charge is 0.354 e. The molecule has 0 spiro atoms. The van der Waals surface area contributed by atoms with Gasteiger partial charge in [-0.1, -0.05) is 0 Å². The van der Waals surface area contributed by atoms with Crippen molar-refractivity contribution in [3.63, 3.8) is 0 Å². The summed E-state index contributed by atoms with van der Waals surface area (Å²) in [6, 6.07) is 1.95. The van der Waals surface area contributed by atoms with Gasteiger partial charge in [0.15, 0.2) is 5.65 Å². The molecule has 2 aromatic rings. The van der Waals surface area contributed by atoms with Crippen molar-refractivity contribution in [1.29, 1.82) is 0 Å². The first-order valence-electron chi connectivity index (χ1n) is 9.39. The topological polar surface area (TPSA) is 77.8 Å². The number of amides is 1.